The maximum Gasteiger partial charge on any atom is 0.0232 e. The van der Waals surface area contributed by atoms with E-state index in [-0.39, 0.29) is 12.1 Å². The Bertz CT molecular complexity index is 129. The Labute approximate surface area is 55.9 Å². The lowest BCUT2D eigenvalue weighted by molar-refractivity contribution is 0.502. The molecule has 2 heteroatoms. The molecule has 1 aliphatic carbocycles. The van der Waals surface area contributed by atoms with Crippen molar-refractivity contribution in [1.82, 2.24) is 0 Å². The second-order valence-electron chi connectivity index (χ2n) is 2.82. The van der Waals surface area contributed by atoms with Crippen LogP contribution in [-0.2, 0) is 0 Å². The molecule has 9 heavy (non-hydrogen) atoms. The highest BCUT2D eigenvalue weighted by Crippen LogP contribution is 2.14. The van der Waals surface area contributed by atoms with Crippen LogP contribution in [0.3, 0.4) is 0 Å². The summed E-state index contributed by atoms with van der Waals surface area (Å²) >= 11 is 0. The van der Waals surface area contributed by atoms with Crippen molar-refractivity contribution < 1.29 is 0 Å². The van der Waals surface area contributed by atoms with Crippen LogP contribution in [0.1, 0.15) is 19.8 Å². The topological polar surface area (TPSA) is 52.0 Å². The van der Waals surface area contributed by atoms with Gasteiger partial charge in [0.25, 0.3) is 0 Å². The molecule has 0 heterocycles. The van der Waals surface area contributed by atoms with E-state index in [1.807, 2.05) is 0 Å². The number of hydrogen-bond donors (Lipinski definition) is 2. The van der Waals surface area contributed by atoms with Crippen LogP contribution in [0.2, 0.25) is 0 Å². The van der Waals surface area contributed by atoms with Crippen molar-refractivity contribution in [1.29, 1.82) is 0 Å². The first-order valence-corrected chi connectivity index (χ1v) is 3.37. The molecule has 0 saturated carbocycles. The molecule has 0 radical (unpaired) electrons. The van der Waals surface area contributed by atoms with Gasteiger partial charge in [-0.15, -0.1) is 0 Å². The van der Waals surface area contributed by atoms with Gasteiger partial charge in [0.2, 0.25) is 0 Å². The fraction of sp³-hybridized carbons (Fsp3) is 0.714. The number of hydrogen-bond acceptors (Lipinski definition) is 2. The molecular weight excluding hydrogens is 112 g/mol. The minimum Gasteiger partial charge on any atom is -0.326 e. The van der Waals surface area contributed by atoms with Crippen molar-refractivity contribution in [3.8, 4) is 0 Å². The summed E-state index contributed by atoms with van der Waals surface area (Å²) in [6.45, 7) is 2.10. The van der Waals surface area contributed by atoms with Gasteiger partial charge in [-0.3, -0.25) is 0 Å². The molecule has 1 rings (SSSR count). The molecule has 52 valence electrons. The van der Waals surface area contributed by atoms with Gasteiger partial charge in [0.1, 0.15) is 0 Å². The third-order valence-corrected chi connectivity index (χ3v) is 1.85. The molecule has 0 aromatic carbocycles. The summed E-state index contributed by atoms with van der Waals surface area (Å²) in [5, 5.41) is 0. The van der Waals surface area contributed by atoms with E-state index >= 15 is 0 Å². The van der Waals surface area contributed by atoms with E-state index in [4.69, 9.17) is 11.5 Å². The SMILES string of the molecule is CC1=CC[C@H](N)[C@@H](N)C1. The maximum absolute atomic E-state index is 5.70. The maximum atomic E-state index is 5.70. The van der Waals surface area contributed by atoms with Gasteiger partial charge < -0.3 is 11.5 Å². The Morgan fingerprint density at radius 2 is 2.11 bits per heavy atom. The molecule has 0 unspecified atom stereocenters. The van der Waals surface area contributed by atoms with Crippen LogP contribution in [0.4, 0.5) is 0 Å². The van der Waals surface area contributed by atoms with Gasteiger partial charge in [0.05, 0.1) is 0 Å². The van der Waals surface area contributed by atoms with Gasteiger partial charge in [-0.05, 0) is 19.8 Å². The van der Waals surface area contributed by atoms with Crippen LogP contribution < -0.4 is 11.5 Å². The van der Waals surface area contributed by atoms with E-state index in [1.165, 1.54) is 5.57 Å². The average molecular weight is 126 g/mol. The molecule has 0 amide bonds. The molecule has 0 aromatic rings. The Kier molecular flexibility index (Phi) is 1.88. The summed E-state index contributed by atoms with van der Waals surface area (Å²) in [6.07, 6.45) is 4.10. The van der Waals surface area contributed by atoms with E-state index in [1.54, 1.807) is 0 Å². The van der Waals surface area contributed by atoms with Crippen molar-refractivity contribution in [3.05, 3.63) is 11.6 Å². The van der Waals surface area contributed by atoms with E-state index in [2.05, 4.69) is 13.0 Å². The minimum absolute atomic E-state index is 0.189. The third kappa shape index (κ3) is 1.53. The zero-order valence-electron chi connectivity index (χ0n) is 5.80. The fourth-order valence-corrected chi connectivity index (χ4v) is 1.12. The standard InChI is InChI=1S/C7H14N2/c1-5-2-3-6(8)7(9)4-5/h2,6-7H,3-4,8-9H2,1H3/t6-,7-/m0/s1. The minimum atomic E-state index is 0.189. The van der Waals surface area contributed by atoms with Gasteiger partial charge >= 0.3 is 0 Å². The highest BCUT2D eigenvalue weighted by atomic mass is 14.8. The molecule has 0 aromatic heterocycles. The normalized spacial score (nSPS) is 36.1. The van der Waals surface area contributed by atoms with Crippen LogP contribution in [-0.4, -0.2) is 12.1 Å². The van der Waals surface area contributed by atoms with Crippen LogP contribution in [0.5, 0.6) is 0 Å². The molecule has 0 spiro atoms. The molecular formula is C7H14N2. The number of rotatable bonds is 0. The fourth-order valence-electron chi connectivity index (χ4n) is 1.12. The quantitative estimate of drug-likeness (QED) is 0.461. The third-order valence-electron chi connectivity index (χ3n) is 1.85. The van der Waals surface area contributed by atoms with Crippen molar-refractivity contribution in [2.75, 3.05) is 0 Å². The zero-order valence-corrected chi connectivity index (χ0v) is 5.80. The van der Waals surface area contributed by atoms with Gasteiger partial charge in [-0.25, -0.2) is 0 Å². The first-order chi connectivity index (χ1) is 4.20. The summed E-state index contributed by atoms with van der Waals surface area (Å²) in [6, 6.07) is 0.378. The largest absolute Gasteiger partial charge is 0.326 e. The van der Waals surface area contributed by atoms with E-state index < -0.39 is 0 Å². The second-order valence-corrected chi connectivity index (χ2v) is 2.82. The van der Waals surface area contributed by atoms with Gasteiger partial charge in [0.15, 0.2) is 0 Å². The van der Waals surface area contributed by atoms with E-state index in [9.17, 15) is 0 Å². The molecule has 0 saturated heterocycles. The smallest absolute Gasteiger partial charge is 0.0232 e. The van der Waals surface area contributed by atoms with Crippen LogP contribution >= 0.6 is 0 Å². The summed E-state index contributed by atoms with van der Waals surface area (Å²) in [4.78, 5) is 0. The number of nitrogens with two attached hydrogens (primary N) is 2. The van der Waals surface area contributed by atoms with Gasteiger partial charge in [0, 0.05) is 12.1 Å². The Hall–Kier alpha value is -0.340. The molecule has 2 nitrogen and oxygen atoms in total. The van der Waals surface area contributed by atoms with Gasteiger partial charge in [-0.2, -0.15) is 0 Å². The van der Waals surface area contributed by atoms with Crippen LogP contribution in [0.15, 0.2) is 11.6 Å². The van der Waals surface area contributed by atoms with Crippen LogP contribution in [0, 0.1) is 0 Å². The lowest BCUT2D eigenvalue weighted by Gasteiger charge is -2.23. The van der Waals surface area contributed by atoms with Gasteiger partial charge in [-0.1, -0.05) is 11.6 Å². The van der Waals surface area contributed by atoms with E-state index in [0.717, 1.165) is 12.8 Å². The first-order valence-electron chi connectivity index (χ1n) is 3.37. The summed E-state index contributed by atoms with van der Waals surface area (Å²) in [5.74, 6) is 0. The molecule has 2 atom stereocenters. The van der Waals surface area contributed by atoms with E-state index in [0.29, 0.717) is 0 Å². The highest BCUT2D eigenvalue weighted by molar-refractivity contribution is 5.08. The Morgan fingerprint density at radius 1 is 1.44 bits per heavy atom. The van der Waals surface area contributed by atoms with Crippen molar-refractivity contribution in [2.24, 2.45) is 11.5 Å². The predicted molar refractivity (Wildman–Crippen MR) is 38.9 cm³/mol. The first kappa shape index (κ1) is 6.78. The molecule has 1 aliphatic rings. The molecule has 0 fully saturated rings. The summed E-state index contributed by atoms with van der Waals surface area (Å²) in [5.41, 5.74) is 12.8. The monoisotopic (exact) mass is 126 g/mol. The lowest BCUT2D eigenvalue weighted by Crippen LogP contribution is -2.42. The average Bonchev–Trinajstić information content (AvgIpc) is 1.80. The molecule has 0 aliphatic heterocycles. The Balaban J connectivity index is 2.54. The second kappa shape index (κ2) is 2.50. The zero-order chi connectivity index (χ0) is 6.85. The highest BCUT2D eigenvalue weighted by Gasteiger charge is 2.16. The van der Waals surface area contributed by atoms with Crippen molar-refractivity contribution >= 4 is 0 Å². The molecule has 4 N–H and O–H groups in total. The van der Waals surface area contributed by atoms with Crippen molar-refractivity contribution in [2.45, 2.75) is 31.8 Å². The Morgan fingerprint density at radius 3 is 2.56 bits per heavy atom. The summed E-state index contributed by atoms with van der Waals surface area (Å²) < 4.78 is 0. The van der Waals surface area contributed by atoms with Crippen LogP contribution in [0.25, 0.3) is 0 Å². The molecule has 0 bridgehead atoms. The predicted octanol–water partition coefficient (Wildman–Crippen LogP) is 0.381. The lowest BCUT2D eigenvalue weighted by atomic mass is 9.93. The summed E-state index contributed by atoms with van der Waals surface area (Å²) in [7, 11) is 0. The van der Waals surface area contributed by atoms with Crippen molar-refractivity contribution in [3.63, 3.8) is 0 Å².